The van der Waals surface area contributed by atoms with Crippen LogP contribution in [0.5, 0.6) is 5.75 Å². The molecule has 136 valence electrons. The van der Waals surface area contributed by atoms with E-state index in [9.17, 15) is 4.79 Å². The van der Waals surface area contributed by atoms with E-state index in [1.165, 1.54) is 12.5 Å². The average molecular weight is 381 g/mol. The normalized spacial score (nSPS) is 11.1. The third-order valence-corrected chi connectivity index (χ3v) is 4.89. The molecule has 0 aliphatic heterocycles. The Bertz CT molecular complexity index is 1110. The Labute approximate surface area is 161 Å². The van der Waals surface area contributed by atoms with Crippen molar-refractivity contribution in [3.8, 4) is 5.75 Å². The van der Waals surface area contributed by atoms with Crippen molar-refractivity contribution in [3.05, 3.63) is 82.7 Å². The minimum absolute atomic E-state index is 0.0754. The van der Waals surface area contributed by atoms with Crippen LogP contribution in [0.3, 0.4) is 0 Å². The number of methoxy groups -OCH3 is 1. The van der Waals surface area contributed by atoms with Crippen molar-refractivity contribution >= 4 is 28.3 Å². The molecule has 2 heterocycles. The van der Waals surface area contributed by atoms with E-state index in [0.717, 1.165) is 22.2 Å². The summed E-state index contributed by atoms with van der Waals surface area (Å²) in [4.78, 5) is 17.0. The molecule has 0 radical (unpaired) electrons. The third-order valence-electron chi connectivity index (χ3n) is 4.64. The highest BCUT2D eigenvalue weighted by molar-refractivity contribution is 6.30. The van der Waals surface area contributed by atoms with Crippen LogP contribution in [-0.2, 0) is 6.54 Å². The van der Waals surface area contributed by atoms with Gasteiger partial charge in [-0.05, 0) is 42.8 Å². The summed E-state index contributed by atoms with van der Waals surface area (Å²) in [6, 6.07) is 13.4. The van der Waals surface area contributed by atoms with Crippen molar-refractivity contribution in [2.45, 2.75) is 13.5 Å². The first-order chi connectivity index (χ1) is 13.1. The first-order valence-corrected chi connectivity index (χ1v) is 8.81. The molecule has 4 rings (SSSR count). The summed E-state index contributed by atoms with van der Waals surface area (Å²) >= 11 is 5.99. The van der Waals surface area contributed by atoms with Gasteiger partial charge in [0, 0.05) is 28.2 Å². The maximum Gasteiger partial charge on any atom is 0.268 e. The molecule has 0 bridgehead atoms. The van der Waals surface area contributed by atoms with Gasteiger partial charge in [0.05, 0.1) is 18.9 Å². The summed E-state index contributed by atoms with van der Waals surface area (Å²) in [6.07, 6.45) is 2.87. The van der Waals surface area contributed by atoms with Gasteiger partial charge in [-0.2, -0.15) is 0 Å². The van der Waals surface area contributed by atoms with E-state index in [1.807, 2.05) is 49.4 Å². The lowest BCUT2D eigenvalue weighted by Gasteiger charge is -2.09. The number of carbonyl (C=O) groups excluding carboxylic acids is 1. The van der Waals surface area contributed by atoms with Crippen LogP contribution in [0, 0.1) is 6.92 Å². The van der Waals surface area contributed by atoms with Crippen LogP contribution >= 0.6 is 11.6 Å². The molecule has 0 fully saturated rings. The lowest BCUT2D eigenvalue weighted by Crippen LogP contribution is -2.06. The predicted molar refractivity (Wildman–Crippen MR) is 104 cm³/mol. The number of fused-ring (bicyclic) bond motifs is 1. The van der Waals surface area contributed by atoms with E-state index in [4.69, 9.17) is 20.8 Å². The number of nitrogens with zero attached hydrogens (tertiary/aromatic N) is 2. The van der Waals surface area contributed by atoms with Gasteiger partial charge in [-0.3, -0.25) is 4.79 Å². The number of carbonyl (C=O) groups is 1. The Morgan fingerprint density at radius 2 is 2.00 bits per heavy atom. The van der Waals surface area contributed by atoms with Gasteiger partial charge in [0.1, 0.15) is 12.0 Å². The highest BCUT2D eigenvalue weighted by Crippen LogP contribution is 2.31. The molecule has 0 saturated heterocycles. The first-order valence-electron chi connectivity index (χ1n) is 8.44. The summed E-state index contributed by atoms with van der Waals surface area (Å²) < 4.78 is 12.7. The number of rotatable bonds is 5. The Balaban J connectivity index is 1.90. The van der Waals surface area contributed by atoms with Crippen LogP contribution < -0.4 is 4.74 Å². The van der Waals surface area contributed by atoms with Crippen LogP contribution in [0.25, 0.3) is 10.9 Å². The molecule has 2 aromatic carbocycles. The Hall–Kier alpha value is -3.05. The quantitative estimate of drug-likeness (QED) is 0.463. The highest BCUT2D eigenvalue weighted by Gasteiger charge is 2.24. The van der Waals surface area contributed by atoms with E-state index in [1.54, 1.807) is 7.11 Å². The summed E-state index contributed by atoms with van der Waals surface area (Å²) in [5.74, 6) is 0.518. The number of hydrogen-bond acceptors (Lipinski definition) is 4. The van der Waals surface area contributed by atoms with Crippen LogP contribution in [0.2, 0.25) is 5.02 Å². The minimum Gasteiger partial charge on any atom is -0.497 e. The van der Waals surface area contributed by atoms with Gasteiger partial charge in [0.15, 0.2) is 0 Å². The van der Waals surface area contributed by atoms with E-state index < -0.39 is 0 Å². The molecule has 0 N–H and O–H groups in total. The van der Waals surface area contributed by atoms with Gasteiger partial charge in [-0.25, -0.2) is 4.98 Å². The van der Waals surface area contributed by atoms with Crippen LogP contribution in [0.4, 0.5) is 0 Å². The maximum absolute atomic E-state index is 13.0. The molecule has 2 aromatic heterocycles. The number of benzene rings is 2. The first kappa shape index (κ1) is 17.4. The number of hydrogen-bond donors (Lipinski definition) is 0. The second-order valence-electron chi connectivity index (χ2n) is 6.22. The van der Waals surface area contributed by atoms with E-state index >= 15 is 0 Å². The van der Waals surface area contributed by atoms with Gasteiger partial charge in [0.25, 0.3) is 5.89 Å². The van der Waals surface area contributed by atoms with Crippen molar-refractivity contribution < 1.29 is 13.9 Å². The van der Waals surface area contributed by atoms with Gasteiger partial charge in [0.2, 0.25) is 5.78 Å². The summed E-state index contributed by atoms with van der Waals surface area (Å²) in [6.45, 7) is 2.54. The van der Waals surface area contributed by atoms with E-state index in [0.29, 0.717) is 22.9 Å². The Morgan fingerprint density at radius 1 is 1.22 bits per heavy atom. The topological polar surface area (TPSA) is 57.3 Å². The van der Waals surface area contributed by atoms with Crippen molar-refractivity contribution in [2.75, 3.05) is 7.11 Å². The van der Waals surface area contributed by atoms with Gasteiger partial charge in [-0.15, -0.1) is 0 Å². The predicted octanol–water partition coefficient (Wildman–Crippen LogP) is 4.88. The summed E-state index contributed by atoms with van der Waals surface area (Å²) in [5, 5.41) is 1.50. The Morgan fingerprint density at radius 3 is 2.67 bits per heavy atom. The maximum atomic E-state index is 13.0. The van der Waals surface area contributed by atoms with Crippen LogP contribution in [-0.4, -0.2) is 22.4 Å². The smallest absolute Gasteiger partial charge is 0.268 e. The molecule has 27 heavy (non-hydrogen) atoms. The van der Waals surface area contributed by atoms with Crippen molar-refractivity contribution in [1.82, 2.24) is 9.55 Å². The molecule has 0 aliphatic carbocycles. The SMILES string of the molecule is COc1ccc2c(c1)c(C(=O)c1ncco1)c(C)n2Cc1ccc(Cl)cc1. The van der Waals surface area contributed by atoms with E-state index in [2.05, 4.69) is 9.55 Å². The fraction of sp³-hybridized carbons (Fsp3) is 0.143. The monoisotopic (exact) mass is 380 g/mol. The minimum atomic E-state index is -0.245. The number of ketones is 1. The molecule has 0 aliphatic rings. The molecule has 0 saturated carbocycles. The van der Waals surface area contributed by atoms with Gasteiger partial charge < -0.3 is 13.7 Å². The number of ether oxygens (including phenoxy) is 1. The molecular weight excluding hydrogens is 364 g/mol. The van der Waals surface area contributed by atoms with Crippen molar-refractivity contribution in [3.63, 3.8) is 0 Å². The Kier molecular flexibility index (Phi) is 4.46. The zero-order chi connectivity index (χ0) is 19.0. The molecule has 4 aromatic rings. The third kappa shape index (κ3) is 3.11. The molecule has 0 spiro atoms. The molecule has 0 unspecified atom stereocenters. The van der Waals surface area contributed by atoms with Gasteiger partial charge in [-0.1, -0.05) is 23.7 Å². The number of oxazole rings is 1. The summed E-state index contributed by atoms with van der Waals surface area (Å²) in [7, 11) is 1.61. The molecular formula is C21H17ClN2O3. The fourth-order valence-electron chi connectivity index (χ4n) is 3.29. The zero-order valence-electron chi connectivity index (χ0n) is 14.9. The fourth-order valence-corrected chi connectivity index (χ4v) is 3.42. The van der Waals surface area contributed by atoms with Crippen molar-refractivity contribution in [2.24, 2.45) is 0 Å². The van der Waals surface area contributed by atoms with Crippen LogP contribution in [0.15, 0.2) is 59.3 Å². The number of aromatic nitrogens is 2. The second-order valence-corrected chi connectivity index (χ2v) is 6.66. The molecule has 0 atom stereocenters. The van der Waals surface area contributed by atoms with Gasteiger partial charge >= 0.3 is 0 Å². The van der Waals surface area contributed by atoms with Crippen LogP contribution in [0.1, 0.15) is 27.5 Å². The summed E-state index contributed by atoms with van der Waals surface area (Å²) in [5.41, 5.74) is 3.44. The number of halogens is 1. The average Bonchev–Trinajstić information content (AvgIpc) is 3.30. The lowest BCUT2D eigenvalue weighted by molar-refractivity contribution is 0.100. The molecule has 5 nitrogen and oxygen atoms in total. The molecule has 6 heteroatoms. The molecule has 0 amide bonds. The van der Waals surface area contributed by atoms with E-state index in [-0.39, 0.29) is 11.7 Å². The standard InChI is InChI=1S/C21H17ClN2O3/c1-13-19(20(25)21-23-9-10-27-21)17-11-16(26-2)7-8-18(17)24(13)12-14-3-5-15(22)6-4-14/h3-11H,12H2,1-2H3. The zero-order valence-corrected chi connectivity index (χ0v) is 15.7. The highest BCUT2D eigenvalue weighted by atomic mass is 35.5. The largest absolute Gasteiger partial charge is 0.497 e. The second kappa shape index (κ2) is 6.93. The lowest BCUT2D eigenvalue weighted by atomic mass is 10.1. The van der Waals surface area contributed by atoms with Crippen molar-refractivity contribution in [1.29, 1.82) is 0 Å².